The molecule has 2 aliphatic heterocycles. The first-order valence-corrected chi connectivity index (χ1v) is 11.1. The van der Waals surface area contributed by atoms with Crippen molar-refractivity contribution in [2.45, 2.75) is 18.3 Å². The van der Waals surface area contributed by atoms with Crippen LogP contribution in [0.2, 0.25) is 0 Å². The van der Waals surface area contributed by atoms with E-state index in [9.17, 15) is 9.59 Å². The van der Waals surface area contributed by atoms with Crippen LogP contribution in [0.15, 0.2) is 53.9 Å². The normalized spacial score (nSPS) is 17.4. The number of nitrogen functional groups attached to an aromatic ring is 1. The van der Waals surface area contributed by atoms with Gasteiger partial charge in [0.25, 0.3) is 11.8 Å². The molecule has 1 saturated heterocycles. The van der Waals surface area contributed by atoms with Gasteiger partial charge in [-0.3, -0.25) is 9.59 Å². The van der Waals surface area contributed by atoms with Crippen LogP contribution < -0.4 is 15.8 Å². The molecule has 0 saturated carbocycles. The van der Waals surface area contributed by atoms with Gasteiger partial charge in [0.15, 0.2) is 11.7 Å². The molecule has 3 aromatic rings. The average Bonchev–Trinajstić information content (AvgIpc) is 3.25. The summed E-state index contributed by atoms with van der Waals surface area (Å²) in [6.07, 6.45) is 1.53. The van der Waals surface area contributed by atoms with Crippen LogP contribution in [-0.2, 0) is 10.2 Å². The Hall–Kier alpha value is -3.39. The summed E-state index contributed by atoms with van der Waals surface area (Å²) in [5, 5.41) is 5.35. The molecular weight excluding hydrogens is 412 g/mol. The second kappa shape index (κ2) is 7.70. The third-order valence-electron chi connectivity index (χ3n) is 6.10. The van der Waals surface area contributed by atoms with Gasteiger partial charge in [-0.1, -0.05) is 30.3 Å². The number of nitrogens with zero attached hydrogens (tertiary/aromatic N) is 2. The van der Waals surface area contributed by atoms with Crippen molar-refractivity contribution in [2.75, 3.05) is 30.7 Å². The Balaban J connectivity index is 1.38. The lowest BCUT2D eigenvalue weighted by atomic mass is 9.70. The molecule has 2 amide bonds. The summed E-state index contributed by atoms with van der Waals surface area (Å²) in [4.78, 5) is 31.1. The highest BCUT2D eigenvalue weighted by Crippen LogP contribution is 2.42. The number of nitrogens with one attached hydrogen (secondary N) is 1. The van der Waals surface area contributed by atoms with Gasteiger partial charge in [0.05, 0.1) is 11.4 Å². The van der Waals surface area contributed by atoms with Crippen molar-refractivity contribution in [1.82, 2.24) is 9.88 Å². The van der Waals surface area contributed by atoms with E-state index in [-0.39, 0.29) is 23.8 Å². The molecule has 3 N–H and O–H groups in total. The van der Waals surface area contributed by atoms with E-state index in [2.05, 4.69) is 22.4 Å². The molecule has 0 spiro atoms. The number of ether oxygens (including phenoxy) is 1. The molecule has 7 nitrogen and oxygen atoms in total. The van der Waals surface area contributed by atoms with E-state index in [1.54, 1.807) is 18.2 Å². The van der Waals surface area contributed by atoms with Crippen molar-refractivity contribution in [1.29, 1.82) is 0 Å². The number of fused-ring (bicyclic) bond motifs is 1. The molecule has 1 fully saturated rings. The highest BCUT2D eigenvalue weighted by molar-refractivity contribution is 7.13. The molecule has 0 bridgehead atoms. The van der Waals surface area contributed by atoms with E-state index in [0.717, 1.165) is 18.5 Å². The molecule has 1 aromatic heterocycles. The van der Waals surface area contributed by atoms with Crippen LogP contribution in [0.4, 0.5) is 10.8 Å². The molecule has 0 radical (unpaired) electrons. The minimum atomic E-state index is -0.255. The summed E-state index contributed by atoms with van der Waals surface area (Å²) in [6, 6.07) is 15.5. The number of hydrogen-bond acceptors (Lipinski definition) is 6. The van der Waals surface area contributed by atoms with Gasteiger partial charge in [-0.2, -0.15) is 0 Å². The van der Waals surface area contributed by atoms with Gasteiger partial charge in [0.1, 0.15) is 5.75 Å². The third-order valence-corrected chi connectivity index (χ3v) is 6.78. The summed E-state index contributed by atoms with van der Waals surface area (Å²) < 4.78 is 5.46. The van der Waals surface area contributed by atoms with E-state index in [0.29, 0.717) is 35.2 Å². The molecule has 0 unspecified atom stereocenters. The van der Waals surface area contributed by atoms with Crippen LogP contribution in [0.3, 0.4) is 0 Å². The van der Waals surface area contributed by atoms with Crippen LogP contribution in [0.25, 0.3) is 0 Å². The predicted molar refractivity (Wildman–Crippen MR) is 119 cm³/mol. The minimum Gasteiger partial charge on any atom is -0.482 e. The van der Waals surface area contributed by atoms with E-state index in [1.807, 2.05) is 28.5 Å². The molecule has 0 atom stereocenters. The summed E-state index contributed by atoms with van der Waals surface area (Å²) in [5.41, 5.74) is 9.01. The average molecular weight is 435 g/mol. The lowest BCUT2D eigenvalue weighted by molar-refractivity contribution is -0.118. The number of carbonyl (C=O) groups excluding carboxylic acids is 2. The fourth-order valence-electron chi connectivity index (χ4n) is 4.44. The molecule has 31 heavy (non-hydrogen) atoms. The maximum Gasteiger partial charge on any atom is 0.262 e. The van der Waals surface area contributed by atoms with Gasteiger partial charge in [-0.15, -0.1) is 11.3 Å². The Morgan fingerprint density at radius 1 is 1.16 bits per heavy atom. The highest BCUT2D eigenvalue weighted by atomic mass is 32.1. The summed E-state index contributed by atoms with van der Waals surface area (Å²) in [7, 11) is 0. The van der Waals surface area contributed by atoms with Crippen molar-refractivity contribution in [3.05, 3.63) is 70.7 Å². The van der Waals surface area contributed by atoms with Crippen LogP contribution in [0, 0.1) is 0 Å². The topological polar surface area (TPSA) is 97.6 Å². The first kappa shape index (κ1) is 19.6. The van der Waals surface area contributed by atoms with Crippen molar-refractivity contribution in [2.24, 2.45) is 0 Å². The molecular formula is C23H22N4O3S. The number of anilines is 2. The summed E-state index contributed by atoms with van der Waals surface area (Å²) in [5.74, 6) is 0.296. The van der Waals surface area contributed by atoms with Crippen LogP contribution in [0.5, 0.6) is 5.75 Å². The standard InChI is InChI=1S/C23H22N4O3S/c24-22-26-19(14-31-22)23(16-4-2-1-3-5-16)8-10-27(11-9-23)21(29)15-6-7-17-18(12-15)30-13-20(28)25-17/h1-7,12,14H,8-11,13H2,(H2,24,26)(H,25,28). The maximum atomic E-state index is 13.2. The number of benzene rings is 2. The Morgan fingerprint density at radius 3 is 2.65 bits per heavy atom. The Kier molecular flexibility index (Phi) is 4.86. The first-order chi connectivity index (χ1) is 15.0. The Bertz CT molecular complexity index is 1140. The number of likely N-dealkylation sites (tertiary alicyclic amines) is 1. The fourth-order valence-corrected chi connectivity index (χ4v) is 5.10. The van der Waals surface area contributed by atoms with Gasteiger partial charge in [-0.25, -0.2) is 4.98 Å². The SMILES string of the molecule is Nc1nc(C2(c3ccccc3)CCN(C(=O)c3ccc4c(c3)OCC(=O)N4)CC2)cs1. The number of aromatic nitrogens is 1. The molecule has 8 heteroatoms. The number of carbonyl (C=O) groups is 2. The highest BCUT2D eigenvalue weighted by Gasteiger charge is 2.41. The van der Waals surface area contributed by atoms with Gasteiger partial charge >= 0.3 is 0 Å². The molecule has 2 aliphatic rings. The van der Waals surface area contributed by atoms with Crippen molar-refractivity contribution in [3.8, 4) is 5.75 Å². The van der Waals surface area contributed by atoms with E-state index in [1.165, 1.54) is 16.9 Å². The Morgan fingerprint density at radius 2 is 1.94 bits per heavy atom. The van der Waals surface area contributed by atoms with Gasteiger partial charge in [-0.05, 0) is 36.6 Å². The molecule has 3 heterocycles. The van der Waals surface area contributed by atoms with Crippen LogP contribution >= 0.6 is 11.3 Å². The first-order valence-electron chi connectivity index (χ1n) is 10.2. The number of rotatable bonds is 3. The van der Waals surface area contributed by atoms with E-state index < -0.39 is 0 Å². The van der Waals surface area contributed by atoms with Crippen molar-refractivity contribution in [3.63, 3.8) is 0 Å². The number of nitrogens with two attached hydrogens (primary N) is 1. The number of amides is 2. The molecule has 2 aromatic carbocycles. The number of hydrogen-bond donors (Lipinski definition) is 2. The predicted octanol–water partition coefficient (Wildman–Crippen LogP) is 3.28. The van der Waals surface area contributed by atoms with Crippen LogP contribution in [0.1, 0.15) is 34.5 Å². The van der Waals surface area contributed by atoms with Crippen LogP contribution in [-0.4, -0.2) is 41.4 Å². The zero-order chi connectivity index (χ0) is 21.4. The monoisotopic (exact) mass is 434 g/mol. The fraction of sp³-hybridized carbons (Fsp3) is 0.261. The van der Waals surface area contributed by atoms with Crippen molar-refractivity contribution >= 4 is 34.0 Å². The lowest BCUT2D eigenvalue weighted by Crippen LogP contribution is -2.46. The quantitative estimate of drug-likeness (QED) is 0.659. The van der Waals surface area contributed by atoms with E-state index >= 15 is 0 Å². The zero-order valence-electron chi connectivity index (χ0n) is 16.8. The van der Waals surface area contributed by atoms with Gasteiger partial charge in [0.2, 0.25) is 0 Å². The number of piperidine rings is 1. The summed E-state index contributed by atoms with van der Waals surface area (Å²) >= 11 is 1.45. The van der Waals surface area contributed by atoms with Gasteiger partial charge in [0, 0.05) is 29.4 Å². The molecule has 0 aliphatic carbocycles. The second-order valence-electron chi connectivity index (χ2n) is 7.86. The smallest absolute Gasteiger partial charge is 0.262 e. The van der Waals surface area contributed by atoms with E-state index in [4.69, 9.17) is 10.5 Å². The minimum absolute atomic E-state index is 0.0370. The number of thiazole rings is 1. The maximum absolute atomic E-state index is 13.2. The Labute approximate surface area is 183 Å². The second-order valence-corrected chi connectivity index (χ2v) is 8.75. The van der Waals surface area contributed by atoms with Crippen molar-refractivity contribution < 1.29 is 14.3 Å². The summed E-state index contributed by atoms with van der Waals surface area (Å²) in [6.45, 7) is 1.18. The third kappa shape index (κ3) is 3.53. The largest absolute Gasteiger partial charge is 0.482 e. The zero-order valence-corrected chi connectivity index (χ0v) is 17.7. The lowest BCUT2D eigenvalue weighted by Gasteiger charge is -2.41. The molecule has 5 rings (SSSR count). The van der Waals surface area contributed by atoms with Gasteiger partial charge < -0.3 is 20.7 Å². The molecule has 158 valence electrons.